The first-order valence-electron chi connectivity index (χ1n) is 5.68. The van der Waals surface area contributed by atoms with Gasteiger partial charge in [0.1, 0.15) is 6.54 Å². The lowest BCUT2D eigenvalue weighted by Crippen LogP contribution is -2.01. The van der Waals surface area contributed by atoms with Crippen LogP contribution in [0.2, 0.25) is 0 Å². The molecule has 1 N–H and O–H groups in total. The minimum absolute atomic E-state index is 0.162. The Balaban J connectivity index is 1.72. The zero-order valence-corrected chi connectivity index (χ0v) is 10.9. The minimum Gasteiger partial charge on any atom is -0.481 e. The zero-order chi connectivity index (χ0) is 13.9. The first-order chi connectivity index (χ1) is 9.70. The second-order valence-corrected chi connectivity index (χ2v) is 4.91. The third kappa shape index (κ3) is 2.72. The van der Waals surface area contributed by atoms with E-state index in [0.29, 0.717) is 17.4 Å². The number of hydrogen-bond acceptors (Lipinski definition) is 7. The van der Waals surface area contributed by atoms with Crippen LogP contribution in [0.4, 0.5) is 0 Å². The topological polar surface area (TPSA) is 107 Å². The predicted octanol–water partition coefficient (Wildman–Crippen LogP) is 1.06. The van der Waals surface area contributed by atoms with E-state index >= 15 is 0 Å². The molecular formula is C11H9N5O3S. The summed E-state index contributed by atoms with van der Waals surface area (Å²) in [5, 5.41) is 22.0. The quantitative estimate of drug-likeness (QED) is 0.749. The summed E-state index contributed by atoms with van der Waals surface area (Å²) in [5.41, 5.74) is 0.385. The Bertz CT molecular complexity index is 718. The maximum absolute atomic E-state index is 10.6. The summed E-state index contributed by atoms with van der Waals surface area (Å²) < 4.78 is 6.59. The fourth-order valence-electron chi connectivity index (χ4n) is 1.62. The smallest absolute Gasteiger partial charge is 0.309 e. The van der Waals surface area contributed by atoms with E-state index in [1.165, 1.54) is 16.0 Å². The van der Waals surface area contributed by atoms with Crippen LogP contribution < -0.4 is 0 Å². The van der Waals surface area contributed by atoms with Crippen molar-refractivity contribution in [1.82, 2.24) is 25.1 Å². The molecule has 0 bridgehead atoms. The van der Waals surface area contributed by atoms with Crippen molar-refractivity contribution in [2.24, 2.45) is 0 Å². The Kier molecular flexibility index (Phi) is 3.25. The number of carboxylic acids is 1. The van der Waals surface area contributed by atoms with Crippen LogP contribution in [0.3, 0.4) is 0 Å². The SMILES string of the molecule is O=C(O)Cc1cn(Cc2nc(-c3cccs3)no2)nn1. The molecule has 0 saturated heterocycles. The molecule has 0 aliphatic heterocycles. The molecule has 3 rings (SSSR count). The molecule has 0 atom stereocenters. The molecular weight excluding hydrogens is 282 g/mol. The number of carboxylic acid groups (broad SMARTS) is 1. The number of rotatable bonds is 5. The lowest BCUT2D eigenvalue weighted by molar-refractivity contribution is -0.136. The lowest BCUT2D eigenvalue weighted by Gasteiger charge is -1.92. The van der Waals surface area contributed by atoms with Crippen molar-refractivity contribution in [2.45, 2.75) is 13.0 Å². The van der Waals surface area contributed by atoms with E-state index in [4.69, 9.17) is 9.63 Å². The van der Waals surface area contributed by atoms with E-state index in [-0.39, 0.29) is 13.0 Å². The summed E-state index contributed by atoms with van der Waals surface area (Å²) in [6.45, 7) is 0.255. The van der Waals surface area contributed by atoms with Crippen molar-refractivity contribution in [1.29, 1.82) is 0 Å². The maximum atomic E-state index is 10.6. The van der Waals surface area contributed by atoms with E-state index in [2.05, 4.69) is 20.5 Å². The Labute approximate surface area is 116 Å². The van der Waals surface area contributed by atoms with Gasteiger partial charge in [-0.1, -0.05) is 16.4 Å². The molecule has 0 unspecified atom stereocenters. The summed E-state index contributed by atoms with van der Waals surface area (Å²) in [6.07, 6.45) is 1.38. The highest BCUT2D eigenvalue weighted by molar-refractivity contribution is 7.13. The fourth-order valence-corrected chi connectivity index (χ4v) is 2.26. The van der Waals surface area contributed by atoms with Gasteiger partial charge in [0.05, 0.1) is 17.0 Å². The summed E-state index contributed by atoms with van der Waals surface area (Å²) in [6, 6.07) is 3.81. The van der Waals surface area contributed by atoms with Gasteiger partial charge in [0.15, 0.2) is 0 Å². The van der Waals surface area contributed by atoms with Gasteiger partial charge in [-0.2, -0.15) is 4.98 Å². The molecule has 0 aliphatic carbocycles. The second-order valence-electron chi connectivity index (χ2n) is 3.97. The average molecular weight is 291 g/mol. The van der Waals surface area contributed by atoms with Crippen LogP contribution in [0.25, 0.3) is 10.7 Å². The van der Waals surface area contributed by atoms with Crippen molar-refractivity contribution in [2.75, 3.05) is 0 Å². The van der Waals surface area contributed by atoms with Gasteiger partial charge < -0.3 is 9.63 Å². The molecule has 0 aliphatic rings. The minimum atomic E-state index is -0.949. The van der Waals surface area contributed by atoms with Crippen LogP contribution in [-0.2, 0) is 17.8 Å². The Morgan fingerprint density at radius 2 is 2.40 bits per heavy atom. The fraction of sp³-hybridized carbons (Fsp3) is 0.182. The van der Waals surface area contributed by atoms with Crippen molar-refractivity contribution < 1.29 is 14.4 Å². The van der Waals surface area contributed by atoms with Gasteiger partial charge in [-0.3, -0.25) is 4.79 Å². The molecule has 0 amide bonds. The van der Waals surface area contributed by atoms with Crippen molar-refractivity contribution in [3.63, 3.8) is 0 Å². The van der Waals surface area contributed by atoms with E-state index in [0.717, 1.165) is 4.88 Å². The first-order valence-corrected chi connectivity index (χ1v) is 6.56. The Hall–Kier alpha value is -2.55. The third-order valence-electron chi connectivity index (χ3n) is 2.43. The molecule has 0 spiro atoms. The molecule has 0 radical (unpaired) electrons. The van der Waals surface area contributed by atoms with Gasteiger partial charge in [0.25, 0.3) is 0 Å². The van der Waals surface area contributed by atoms with Gasteiger partial charge in [-0.15, -0.1) is 16.4 Å². The lowest BCUT2D eigenvalue weighted by atomic mass is 10.3. The van der Waals surface area contributed by atoms with E-state index in [1.807, 2.05) is 17.5 Å². The van der Waals surface area contributed by atoms with Gasteiger partial charge in [-0.25, -0.2) is 4.68 Å². The zero-order valence-electron chi connectivity index (χ0n) is 10.1. The molecule has 9 heteroatoms. The molecule has 8 nitrogen and oxygen atoms in total. The summed E-state index contributed by atoms with van der Waals surface area (Å²) in [4.78, 5) is 15.7. The van der Waals surface area contributed by atoms with Crippen LogP contribution in [0.15, 0.2) is 28.2 Å². The average Bonchev–Trinajstić information content (AvgIpc) is 3.09. The summed E-state index contributed by atoms with van der Waals surface area (Å²) in [5.74, 6) is -0.0316. The Morgan fingerprint density at radius 1 is 1.50 bits per heavy atom. The van der Waals surface area contributed by atoms with E-state index < -0.39 is 5.97 Å². The van der Waals surface area contributed by atoms with Crippen LogP contribution in [0, 0.1) is 0 Å². The number of carbonyl (C=O) groups is 1. The number of thiophene rings is 1. The van der Waals surface area contributed by atoms with Gasteiger partial charge in [0, 0.05) is 6.20 Å². The molecule has 102 valence electrons. The third-order valence-corrected chi connectivity index (χ3v) is 3.29. The molecule has 3 heterocycles. The van der Waals surface area contributed by atoms with Gasteiger partial charge in [0.2, 0.25) is 11.7 Å². The highest BCUT2D eigenvalue weighted by atomic mass is 32.1. The molecule has 0 saturated carbocycles. The van der Waals surface area contributed by atoms with E-state index in [1.54, 1.807) is 6.20 Å². The first kappa shape index (κ1) is 12.5. The molecule has 0 fully saturated rings. The molecule has 3 aromatic rings. The van der Waals surface area contributed by atoms with Crippen LogP contribution in [-0.4, -0.2) is 36.2 Å². The normalized spacial score (nSPS) is 10.8. The predicted molar refractivity (Wildman–Crippen MR) is 68.1 cm³/mol. The monoisotopic (exact) mass is 291 g/mol. The highest BCUT2D eigenvalue weighted by Crippen LogP contribution is 2.21. The number of aromatic nitrogens is 5. The van der Waals surface area contributed by atoms with Crippen molar-refractivity contribution >= 4 is 17.3 Å². The van der Waals surface area contributed by atoms with E-state index in [9.17, 15) is 4.79 Å². The maximum Gasteiger partial charge on any atom is 0.309 e. The van der Waals surface area contributed by atoms with Crippen LogP contribution in [0.5, 0.6) is 0 Å². The van der Waals surface area contributed by atoms with Gasteiger partial charge >= 0.3 is 5.97 Å². The summed E-state index contributed by atoms with van der Waals surface area (Å²) in [7, 11) is 0. The second kappa shape index (κ2) is 5.21. The highest BCUT2D eigenvalue weighted by Gasteiger charge is 2.11. The molecule has 3 aromatic heterocycles. The van der Waals surface area contributed by atoms with Gasteiger partial charge in [-0.05, 0) is 11.4 Å². The standard InChI is InChI=1S/C11H9N5O3S/c17-10(18)4-7-5-16(15-13-7)6-9-12-11(14-19-9)8-2-1-3-20-8/h1-3,5H,4,6H2,(H,17,18). The number of hydrogen-bond donors (Lipinski definition) is 1. The largest absolute Gasteiger partial charge is 0.481 e. The molecule has 0 aromatic carbocycles. The number of aliphatic carboxylic acids is 1. The van der Waals surface area contributed by atoms with Crippen molar-refractivity contribution in [3.05, 3.63) is 35.3 Å². The van der Waals surface area contributed by atoms with Crippen LogP contribution >= 0.6 is 11.3 Å². The summed E-state index contributed by atoms with van der Waals surface area (Å²) >= 11 is 1.52. The van der Waals surface area contributed by atoms with Crippen LogP contribution in [0.1, 0.15) is 11.6 Å². The van der Waals surface area contributed by atoms with Crippen molar-refractivity contribution in [3.8, 4) is 10.7 Å². The number of nitrogens with zero attached hydrogens (tertiary/aromatic N) is 5. The Morgan fingerprint density at radius 3 is 3.15 bits per heavy atom. The molecule has 20 heavy (non-hydrogen) atoms.